The molecule has 1 atom stereocenters. The second-order valence-corrected chi connectivity index (χ2v) is 5.18. The minimum absolute atomic E-state index is 0. The standard InChI is InChI=1S/C17H16N4O2.ClH/c18-9-15-6-3-13(10-20-15)17(22)21-14-4-1-12(2-5-14)16-11-19-7-8-23-16;/h1-6,10,16,19H,7-8,11H2,(H,21,22);1H/t16-;/m1./s1. The molecule has 1 fully saturated rings. The summed E-state index contributed by atoms with van der Waals surface area (Å²) >= 11 is 0. The number of nitriles is 1. The van der Waals surface area contributed by atoms with Gasteiger partial charge in [0.05, 0.1) is 18.3 Å². The summed E-state index contributed by atoms with van der Waals surface area (Å²) in [6, 6.07) is 12.6. The summed E-state index contributed by atoms with van der Waals surface area (Å²) in [6.45, 7) is 2.38. The first-order valence-corrected chi connectivity index (χ1v) is 7.36. The van der Waals surface area contributed by atoms with E-state index in [0.29, 0.717) is 17.9 Å². The lowest BCUT2D eigenvalue weighted by molar-refractivity contribution is 0.0277. The second kappa shape index (κ2) is 8.41. The molecule has 1 aromatic carbocycles. The topological polar surface area (TPSA) is 87.0 Å². The lowest BCUT2D eigenvalue weighted by Crippen LogP contribution is -2.33. The summed E-state index contributed by atoms with van der Waals surface area (Å²) in [5, 5.41) is 14.8. The van der Waals surface area contributed by atoms with Crippen molar-refractivity contribution in [1.82, 2.24) is 10.3 Å². The Kier molecular flexibility index (Phi) is 6.27. The molecule has 2 aromatic rings. The molecule has 7 heteroatoms. The third-order valence-corrected chi connectivity index (χ3v) is 3.61. The molecular weight excluding hydrogens is 328 g/mol. The van der Waals surface area contributed by atoms with Gasteiger partial charge in [-0.3, -0.25) is 4.79 Å². The van der Waals surface area contributed by atoms with Gasteiger partial charge in [-0.05, 0) is 29.8 Å². The summed E-state index contributed by atoms with van der Waals surface area (Å²) in [6.07, 6.45) is 1.44. The molecule has 0 aliphatic carbocycles. The van der Waals surface area contributed by atoms with Crippen LogP contribution in [0.5, 0.6) is 0 Å². The largest absolute Gasteiger partial charge is 0.371 e. The molecule has 0 unspecified atom stereocenters. The summed E-state index contributed by atoms with van der Waals surface area (Å²) in [5.41, 5.74) is 2.47. The predicted octanol–water partition coefficient (Wildman–Crippen LogP) is 2.29. The summed E-state index contributed by atoms with van der Waals surface area (Å²) in [7, 11) is 0. The molecule has 1 aliphatic rings. The molecule has 0 radical (unpaired) electrons. The summed E-state index contributed by atoms with van der Waals surface area (Å²) in [5.74, 6) is -0.259. The number of anilines is 1. The number of carbonyl (C=O) groups is 1. The van der Waals surface area contributed by atoms with E-state index >= 15 is 0 Å². The molecule has 0 spiro atoms. The van der Waals surface area contributed by atoms with Crippen molar-refractivity contribution in [3.8, 4) is 6.07 Å². The zero-order chi connectivity index (χ0) is 16.1. The third kappa shape index (κ3) is 4.30. The minimum atomic E-state index is -0.259. The van der Waals surface area contributed by atoms with Crippen LogP contribution in [0.15, 0.2) is 42.6 Å². The number of hydrogen-bond acceptors (Lipinski definition) is 5. The van der Waals surface area contributed by atoms with Gasteiger partial charge in [0.2, 0.25) is 0 Å². The monoisotopic (exact) mass is 344 g/mol. The number of halogens is 1. The SMILES string of the molecule is Cl.N#Cc1ccc(C(=O)Nc2ccc([C@H]3CNCCO3)cc2)cn1. The average molecular weight is 345 g/mol. The Hall–Kier alpha value is -2.46. The fraction of sp³-hybridized carbons (Fsp3) is 0.235. The molecule has 1 amide bonds. The normalized spacial score (nSPS) is 16.5. The van der Waals surface area contributed by atoms with E-state index in [-0.39, 0.29) is 30.1 Å². The van der Waals surface area contributed by atoms with Crippen LogP contribution in [0.3, 0.4) is 0 Å². The molecule has 6 nitrogen and oxygen atoms in total. The van der Waals surface area contributed by atoms with E-state index in [1.807, 2.05) is 30.3 Å². The number of hydrogen-bond donors (Lipinski definition) is 2. The van der Waals surface area contributed by atoms with Gasteiger partial charge >= 0.3 is 0 Å². The molecule has 2 N–H and O–H groups in total. The lowest BCUT2D eigenvalue weighted by Gasteiger charge is -2.24. The van der Waals surface area contributed by atoms with Crippen LogP contribution in [0.1, 0.15) is 27.7 Å². The van der Waals surface area contributed by atoms with E-state index in [9.17, 15) is 4.79 Å². The molecule has 2 heterocycles. The van der Waals surface area contributed by atoms with E-state index in [1.54, 1.807) is 6.07 Å². The highest BCUT2D eigenvalue weighted by Crippen LogP contribution is 2.21. The van der Waals surface area contributed by atoms with Gasteiger partial charge < -0.3 is 15.4 Å². The number of pyridine rings is 1. The number of amides is 1. The maximum absolute atomic E-state index is 12.1. The Labute approximate surface area is 146 Å². The van der Waals surface area contributed by atoms with Gasteiger partial charge in [-0.2, -0.15) is 5.26 Å². The van der Waals surface area contributed by atoms with Crippen LogP contribution >= 0.6 is 12.4 Å². The average Bonchev–Trinajstić information content (AvgIpc) is 2.63. The van der Waals surface area contributed by atoms with Crippen molar-refractivity contribution in [3.63, 3.8) is 0 Å². The van der Waals surface area contributed by atoms with E-state index in [1.165, 1.54) is 12.3 Å². The van der Waals surface area contributed by atoms with Crippen LogP contribution in [0.4, 0.5) is 5.69 Å². The Morgan fingerprint density at radius 3 is 2.67 bits per heavy atom. The van der Waals surface area contributed by atoms with Crippen molar-refractivity contribution >= 4 is 24.0 Å². The molecule has 24 heavy (non-hydrogen) atoms. The number of rotatable bonds is 3. The van der Waals surface area contributed by atoms with Gasteiger partial charge in [0.15, 0.2) is 0 Å². The second-order valence-electron chi connectivity index (χ2n) is 5.18. The van der Waals surface area contributed by atoms with Crippen LogP contribution in [0.2, 0.25) is 0 Å². The highest BCUT2D eigenvalue weighted by Gasteiger charge is 2.15. The zero-order valence-electron chi connectivity index (χ0n) is 12.9. The summed E-state index contributed by atoms with van der Waals surface area (Å²) in [4.78, 5) is 16.0. The van der Waals surface area contributed by atoms with Crippen molar-refractivity contribution in [2.24, 2.45) is 0 Å². The quantitative estimate of drug-likeness (QED) is 0.892. The smallest absolute Gasteiger partial charge is 0.257 e. The number of aromatic nitrogens is 1. The van der Waals surface area contributed by atoms with E-state index in [0.717, 1.165) is 18.7 Å². The first-order valence-electron chi connectivity index (χ1n) is 7.36. The Bertz CT molecular complexity index is 720. The van der Waals surface area contributed by atoms with Crippen LogP contribution in [0.25, 0.3) is 0 Å². The molecule has 1 saturated heterocycles. The predicted molar refractivity (Wildman–Crippen MR) is 92.2 cm³/mol. The molecule has 124 valence electrons. The van der Waals surface area contributed by atoms with E-state index in [4.69, 9.17) is 10.00 Å². The highest BCUT2D eigenvalue weighted by molar-refractivity contribution is 6.04. The number of ether oxygens (including phenoxy) is 1. The van der Waals surface area contributed by atoms with Gasteiger partial charge in [-0.15, -0.1) is 12.4 Å². The van der Waals surface area contributed by atoms with Crippen molar-refractivity contribution in [3.05, 3.63) is 59.4 Å². The molecule has 0 saturated carbocycles. The Balaban J connectivity index is 0.00000208. The van der Waals surface area contributed by atoms with Gasteiger partial charge in [0.25, 0.3) is 5.91 Å². The van der Waals surface area contributed by atoms with Crippen molar-refractivity contribution in [1.29, 1.82) is 5.26 Å². The number of nitrogens with zero attached hydrogens (tertiary/aromatic N) is 2. The van der Waals surface area contributed by atoms with Crippen LogP contribution in [-0.4, -0.2) is 30.6 Å². The maximum atomic E-state index is 12.1. The fourth-order valence-electron chi connectivity index (χ4n) is 2.36. The molecule has 3 rings (SSSR count). The Morgan fingerprint density at radius 2 is 2.08 bits per heavy atom. The third-order valence-electron chi connectivity index (χ3n) is 3.61. The van der Waals surface area contributed by atoms with Crippen molar-refractivity contribution < 1.29 is 9.53 Å². The molecule has 1 aromatic heterocycles. The molecule has 1 aliphatic heterocycles. The van der Waals surface area contributed by atoms with Crippen LogP contribution in [0, 0.1) is 11.3 Å². The van der Waals surface area contributed by atoms with Crippen molar-refractivity contribution in [2.75, 3.05) is 25.0 Å². The van der Waals surface area contributed by atoms with E-state index < -0.39 is 0 Å². The van der Waals surface area contributed by atoms with Gasteiger partial charge in [-0.25, -0.2) is 4.98 Å². The van der Waals surface area contributed by atoms with Crippen LogP contribution in [-0.2, 0) is 4.74 Å². The zero-order valence-corrected chi connectivity index (χ0v) is 13.7. The number of benzene rings is 1. The highest BCUT2D eigenvalue weighted by atomic mass is 35.5. The first-order chi connectivity index (χ1) is 11.3. The number of morpholine rings is 1. The maximum Gasteiger partial charge on any atom is 0.257 e. The van der Waals surface area contributed by atoms with E-state index in [2.05, 4.69) is 15.6 Å². The molecular formula is C17H17ClN4O2. The minimum Gasteiger partial charge on any atom is -0.371 e. The molecule has 0 bridgehead atoms. The fourth-order valence-corrected chi connectivity index (χ4v) is 2.36. The number of nitrogens with one attached hydrogen (secondary N) is 2. The first kappa shape index (κ1) is 17.9. The van der Waals surface area contributed by atoms with Crippen LogP contribution < -0.4 is 10.6 Å². The summed E-state index contributed by atoms with van der Waals surface area (Å²) < 4.78 is 5.69. The van der Waals surface area contributed by atoms with Crippen molar-refractivity contribution in [2.45, 2.75) is 6.10 Å². The van der Waals surface area contributed by atoms with Gasteiger partial charge in [0.1, 0.15) is 11.8 Å². The Morgan fingerprint density at radius 1 is 1.29 bits per heavy atom. The van der Waals surface area contributed by atoms with Gasteiger partial charge in [-0.1, -0.05) is 12.1 Å². The van der Waals surface area contributed by atoms with Gasteiger partial charge in [0, 0.05) is 25.0 Å². The lowest BCUT2D eigenvalue weighted by atomic mass is 10.1. The number of carbonyl (C=O) groups excluding carboxylic acids is 1.